The Kier molecular flexibility index (Phi) is 4.51. The van der Waals surface area contributed by atoms with Crippen molar-refractivity contribution < 1.29 is 8.42 Å². The number of H-pyrrole nitrogens is 1. The molecule has 1 aromatic carbocycles. The number of unbranched alkanes of at least 4 members (excludes halogenated alkanes) is 1. The van der Waals surface area contributed by atoms with Crippen LogP contribution in [0.2, 0.25) is 0 Å². The molecule has 8 heteroatoms. The number of nitrogens with zero attached hydrogens (tertiary/aromatic N) is 1. The first-order valence-corrected chi connectivity index (χ1v) is 8.49. The van der Waals surface area contributed by atoms with Gasteiger partial charge in [-0.05, 0) is 18.6 Å². The molecule has 0 amide bonds. The molecule has 1 aromatic heterocycles. The average Bonchev–Trinajstić information content (AvgIpc) is 2.50. The van der Waals surface area contributed by atoms with Gasteiger partial charge in [0.2, 0.25) is 0 Å². The summed E-state index contributed by atoms with van der Waals surface area (Å²) in [5.74, 6) is 0.00161. The highest BCUT2D eigenvalue weighted by molar-refractivity contribution is 7.91. The van der Waals surface area contributed by atoms with E-state index in [-0.39, 0.29) is 28.0 Å². The molecule has 22 heavy (non-hydrogen) atoms. The minimum absolute atomic E-state index is 0.0369. The molecule has 0 saturated carbocycles. The Labute approximate surface area is 128 Å². The molecule has 0 saturated heterocycles. The van der Waals surface area contributed by atoms with Crippen molar-refractivity contribution in [3.63, 3.8) is 0 Å². The van der Waals surface area contributed by atoms with Crippen LogP contribution in [0.4, 0.5) is 11.5 Å². The van der Waals surface area contributed by atoms with Crippen molar-refractivity contribution in [2.45, 2.75) is 24.7 Å². The lowest BCUT2D eigenvalue weighted by Gasteiger charge is -2.10. The number of rotatable bonds is 5. The predicted molar refractivity (Wildman–Crippen MR) is 86.1 cm³/mol. The molecule has 2 rings (SSSR count). The second kappa shape index (κ2) is 6.18. The first kappa shape index (κ1) is 16.0. The van der Waals surface area contributed by atoms with Gasteiger partial charge in [-0.25, -0.2) is 13.4 Å². The van der Waals surface area contributed by atoms with Gasteiger partial charge in [0.1, 0.15) is 11.5 Å². The lowest BCUT2D eigenvalue weighted by molar-refractivity contribution is 0.593. The molecule has 0 spiro atoms. The molecule has 0 aliphatic rings. The summed E-state index contributed by atoms with van der Waals surface area (Å²) in [6.45, 7) is 1.92. The molecule has 7 nitrogen and oxygen atoms in total. The fraction of sp³-hybridized carbons (Fsp3) is 0.286. The first-order valence-electron chi connectivity index (χ1n) is 6.84. The number of nitrogens with one attached hydrogen (secondary N) is 1. The summed E-state index contributed by atoms with van der Waals surface area (Å²) in [6, 6.07) is 6.36. The molecule has 1 heterocycles. The van der Waals surface area contributed by atoms with Crippen LogP contribution in [0.15, 0.2) is 34.0 Å². The Bertz CT molecular complexity index is 843. The third kappa shape index (κ3) is 3.11. The molecule has 0 aliphatic carbocycles. The van der Waals surface area contributed by atoms with Crippen molar-refractivity contribution in [3.8, 4) is 11.4 Å². The molecule has 5 N–H and O–H groups in total. The second-order valence-corrected chi connectivity index (χ2v) is 6.96. The smallest absolute Gasteiger partial charge is 0.276 e. The van der Waals surface area contributed by atoms with Crippen LogP contribution < -0.4 is 17.0 Å². The van der Waals surface area contributed by atoms with Crippen molar-refractivity contribution in [2.24, 2.45) is 0 Å². The van der Waals surface area contributed by atoms with Gasteiger partial charge in [-0.1, -0.05) is 25.5 Å². The van der Waals surface area contributed by atoms with Gasteiger partial charge in [-0.2, -0.15) is 0 Å². The summed E-state index contributed by atoms with van der Waals surface area (Å²) in [4.78, 5) is 18.3. The number of nitrogen functional groups attached to an aromatic ring is 2. The Morgan fingerprint density at radius 2 is 1.91 bits per heavy atom. The predicted octanol–water partition coefficient (Wildman–Crippen LogP) is 1.18. The minimum atomic E-state index is -3.47. The van der Waals surface area contributed by atoms with Crippen molar-refractivity contribution in [1.29, 1.82) is 0 Å². The van der Waals surface area contributed by atoms with Crippen molar-refractivity contribution in [3.05, 3.63) is 34.6 Å². The normalized spacial score (nSPS) is 11.5. The van der Waals surface area contributed by atoms with Crippen LogP contribution >= 0.6 is 0 Å². The zero-order chi connectivity index (χ0) is 16.3. The summed E-state index contributed by atoms with van der Waals surface area (Å²) >= 11 is 0. The van der Waals surface area contributed by atoms with Gasteiger partial charge in [0, 0.05) is 5.56 Å². The fourth-order valence-corrected chi connectivity index (χ4v) is 3.68. The molecule has 0 atom stereocenters. The van der Waals surface area contributed by atoms with Crippen molar-refractivity contribution in [2.75, 3.05) is 17.2 Å². The molecular weight excluding hydrogens is 304 g/mol. The molecule has 118 valence electrons. The van der Waals surface area contributed by atoms with E-state index in [9.17, 15) is 13.2 Å². The van der Waals surface area contributed by atoms with E-state index in [2.05, 4.69) is 9.97 Å². The largest absolute Gasteiger partial charge is 0.391 e. The highest BCUT2D eigenvalue weighted by atomic mass is 32.2. The molecule has 0 unspecified atom stereocenters. The zero-order valence-electron chi connectivity index (χ0n) is 12.2. The number of hydrogen-bond donors (Lipinski definition) is 3. The number of nitrogens with two attached hydrogens (primary N) is 2. The van der Waals surface area contributed by atoms with E-state index in [1.807, 2.05) is 6.92 Å². The third-order valence-corrected chi connectivity index (χ3v) is 5.08. The summed E-state index contributed by atoms with van der Waals surface area (Å²) in [7, 11) is -3.47. The fourth-order valence-electron chi connectivity index (χ4n) is 2.01. The molecule has 2 aromatic rings. The maximum atomic E-state index is 12.4. The molecule has 0 radical (unpaired) electrons. The maximum Gasteiger partial charge on any atom is 0.276 e. The molecule has 0 aliphatic heterocycles. The van der Waals surface area contributed by atoms with Crippen molar-refractivity contribution in [1.82, 2.24) is 9.97 Å². The van der Waals surface area contributed by atoms with Gasteiger partial charge in [0.15, 0.2) is 15.7 Å². The van der Waals surface area contributed by atoms with Gasteiger partial charge >= 0.3 is 0 Å². The van der Waals surface area contributed by atoms with E-state index in [0.717, 1.165) is 6.42 Å². The Hall–Kier alpha value is -2.35. The van der Waals surface area contributed by atoms with Crippen LogP contribution in [-0.2, 0) is 9.84 Å². The topological polar surface area (TPSA) is 132 Å². The van der Waals surface area contributed by atoms with Crippen LogP contribution in [0.3, 0.4) is 0 Å². The number of hydrogen-bond acceptors (Lipinski definition) is 6. The molecule has 0 bridgehead atoms. The highest BCUT2D eigenvalue weighted by Gasteiger charge is 2.20. The number of benzene rings is 1. The van der Waals surface area contributed by atoms with Crippen LogP contribution in [0.1, 0.15) is 19.8 Å². The summed E-state index contributed by atoms with van der Waals surface area (Å²) in [5.41, 5.74) is 10.6. The van der Waals surface area contributed by atoms with Crippen molar-refractivity contribution >= 4 is 21.3 Å². The summed E-state index contributed by atoms with van der Waals surface area (Å²) < 4.78 is 24.9. The maximum absolute atomic E-state index is 12.4. The van der Waals surface area contributed by atoms with E-state index in [0.29, 0.717) is 12.0 Å². The van der Waals surface area contributed by atoms with Gasteiger partial charge in [0.25, 0.3) is 5.56 Å². The first-order chi connectivity index (χ1) is 10.4. The van der Waals surface area contributed by atoms with Crippen LogP contribution in [0.25, 0.3) is 11.4 Å². The molecule has 0 fully saturated rings. The van der Waals surface area contributed by atoms with Crippen LogP contribution in [0.5, 0.6) is 0 Å². The number of aromatic nitrogens is 2. The van der Waals surface area contributed by atoms with Gasteiger partial charge in [-0.15, -0.1) is 0 Å². The second-order valence-electron chi connectivity index (χ2n) is 4.88. The van der Waals surface area contributed by atoms with Crippen LogP contribution in [0, 0.1) is 0 Å². The Morgan fingerprint density at radius 1 is 1.23 bits per heavy atom. The molecular formula is C14H18N4O3S. The highest BCUT2D eigenvalue weighted by Crippen LogP contribution is 2.26. The lowest BCUT2D eigenvalue weighted by Crippen LogP contribution is -2.18. The van der Waals surface area contributed by atoms with E-state index in [1.54, 1.807) is 18.2 Å². The summed E-state index contributed by atoms with van der Waals surface area (Å²) in [6.07, 6.45) is 1.33. The minimum Gasteiger partial charge on any atom is -0.391 e. The SMILES string of the molecule is CCCCS(=O)(=O)c1ccccc1-c1nc(N)c(N)c(=O)[nH]1. The Morgan fingerprint density at radius 3 is 2.55 bits per heavy atom. The average molecular weight is 322 g/mol. The standard InChI is InChI=1S/C14H18N4O3S/c1-2-3-8-22(20,21)10-7-5-4-6-9(10)13-17-12(16)11(15)14(19)18-13/h4-7H,2-3,8,15H2,1H3,(H3,16,17,18,19). The van der Waals surface area contributed by atoms with E-state index in [4.69, 9.17) is 11.5 Å². The van der Waals surface area contributed by atoms with E-state index < -0.39 is 15.4 Å². The quantitative estimate of drug-likeness (QED) is 0.757. The lowest BCUT2D eigenvalue weighted by atomic mass is 10.2. The van der Waals surface area contributed by atoms with E-state index >= 15 is 0 Å². The number of anilines is 2. The van der Waals surface area contributed by atoms with Gasteiger partial charge in [0.05, 0.1) is 10.6 Å². The Balaban J connectivity index is 2.61. The summed E-state index contributed by atoms with van der Waals surface area (Å²) in [5, 5.41) is 0. The van der Waals surface area contributed by atoms with Gasteiger partial charge < -0.3 is 16.5 Å². The number of sulfone groups is 1. The van der Waals surface area contributed by atoms with Crippen LogP contribution in [-0.4, -0.2) is 24.1 Å². The number of aromatic amines is 1. The zero-order valence-corrected chi connectivity index (χ0v) is 13.0. The third-order valence-electron chi connectivity index (χ3n) is 3.23. The van der Waals surface area contributed by atoms with Gasteiger partial charge in [-0.3, -0.25) is 4.79 Å². The monoisotopic (exact) mass is 322 g/mol. The van der Waals surface area contributed by atoms with E-state index in [1.165, 1.54) is 6.07 Å².